The lowest BCUT2D eigenvalue weighted by Crippen LogP contribution is -1.89. The lowest BCUT2D eigenvalue weighted by Gasteiger charge is -2.08. The number of hydrogen-bond acceptors (Lipinski definition) is 3. The minimum Gasteiger partial charge on any atom is -0.508 e. The zero-order valence-corrected chi connectivity index (χ0v) is 13.9. The number of benzene rings is 2. The molecule has 0 fully saturated rings. The Hall–Kier alpha value is -2.66. The van der Waals surface area contributed by atoms with Gasteiger partial charge in [0.05, 0.1) is 34.1 Å². The van der Waals surface area contributed by atoms with E-state index >= 15 is 0 Å². The molecule has 0 amide bonds. The van der Waals surface area contributed by atoms with E-state index in [4.69, 9.17) is 11.6 Å². The number of aromatic amines is 1. The zero-order valence-electron chi connectivity index (χ0n) is 13.1. The lowest BCUT2D eigenvalue weighted by molar-refractivity contribution is 0.475. The van der Waals surface area contributed by atoms with Crippen LogP contribution < -0.4 is 0 Å². The van der Waals surface area contributed by atoms with Crippen molar-refractivity contribution in [2.45, 2.75) is 13.8 Å². The first kappa shape index (κ1) is 16.2. The molecule has 0 aliphatic carbocycles. The summed E-state index contributed by atoms with van der Waals surface area (Å²) in [5.74, 6) is -0.395. The molecule has 2 heterocycles. The summed E-state index contributed by atoms with van der Waals surface area (Å²) in [5, 5.41) is 10.5. The van der Waals surface area contributed by atoms with Gasteiger partial charge in [-0.3, -0.25) is 4.98 Å². The highest BCUT2D eigenvalue weighted by atomic mass is 35.5. The second-order valence-electron chi connectivity index (χ2n) is 4.94. The van der Waals surface area contributed by atoms with E-state index in [1.54, 1.807) is 24.7 Å². The van der Waals surface area contributed by atoms with Crippen molar-refractivity contribution in [3.63, 3.8) is 0 Å². The van der Waals surface area contributed by atoms with Crippen molar-refractivity contribution in [3.05, 3.63) is 53.7 Å². The third kappa shape index (κ3) is 2.67. The van der Waals surface area contributed by atoms with Crippen molar-refractivity contribution in [2.24, 2.45) is 0 Å². The van der Waals surface area contributed by atoms with Crippen LogP contribution in [0.15, 0.2) is 42.9 Å². The molecular formula is C18H15ClFN3O. The minimum atomic E-state index is -0.428. The maximum absolute atomic E-state index is 14.4. The van der Waals surface area contributed by atoms with E-state index in [0.717, 1.165) is 16.4 Å². The topological polar surface area (TPSA) is 61.8 Å². The van der Waals surface area contributed by atoms with E-state index in [1.165, 1.54) is 18.2 Å². The maximum atomic E-state index is 14.4. The van der Waals surface area contributed by atoms with Crippen molar-refractivity contribution in [2.75, 3.05) is 0 Å². The molecular weight excluding hydrogens is 329 g/mol. The highest BCUT2D eigenvalue weighted by Gasteiger charge is 2.14. The first-order valence-electron chi connectivity index (χ1n) is 7.54. The molecule has 0 unspecified atom stereocenters. The average molecular weight is 344 g/mol. The van der Waals surface area contributed by atoms with E-state index in [-0.39, 0.29) is 10.8 Å². The van der Waals surface area contributed by atoms with Crippen LogP contribution in [0.4, 0.5) is 4.39 Å². The van der Waals surface area contributed by atoms with Crippen LogP contribution in [-0.4, -0.2) is 20.1 Å². The Kier molecular flexibility index (Phi) is 4.36. The molecule has 0 saturated heterocycles. The van der Waals surface area contributed by atoms with Crippen LogP contribution in [0.25, 0.3) is 33.1 Å². The number of fused-ring (bicyclic) bond motifs is 3. The molecule has 4 nitrogen and oxygen atoms in total. The average Bonchev–Trinajstić information content (AvgIpc) is 3.05. The fourth-order valence-corrected chi connectivity index (χ4v) is 2.82. The van der Waals surface area contributed by atoms with E-state index in [1.807, 2.05) is 13.8 Å². The van der Waals surface area contributed by atoms with Crippen LogP contribution in [-0.2, 0) is 0 Å². The smallest absolute Gasteiger partial charge is 0.133 e. The molecule has 0 atom stereocenters. The number of imidazole rings is 1. The predicted molar refractivity (Wildman–Crippen MR) is 94.8 cm³/mol. The monoisotopic (exact) mass is 343 g/mol. The number of phenols is 1. The molecule has 4 aromatic rings. The fraction of sp³-hybridized carbons (Fsp3) is 0.111. The van der Waals surface area contributed by atoms with Gasteiger partial charge in [-0.25, -0.2) is 9.37 Å². The predicted octanol–water partition coefficient (Wildman–Crippen LogP) is 5.30. The van der Waals surface area contributed by atoms with Crippen LogP contribution in [0.3, 0.4) is 0 Å². The number of aromatic hydroxyl groups is 1. The van der Waals surface area contributed by atoms with Crippen molar-refractivity contribution in [3.8, 4) is 16.9 Å². The first-order chi connectivity index (χ1) is 11.6. The van der Waals surface area contributed by atoms with Gasteiger partial charge in [-0.05, 0) is 24.3 Å². The molecule has 2 aromatic heterocycles. The molecule has 0 aliphatic heterocycles. The molecule has 0 saturated carbocycles. The van der Waals surface area contributed by atoms with Gasteiger partial charge in [-0.15, -0.1) is 0 Å². The van der Waals surface area contributed by atoms with Gasteiger partial charge in [-0.2, -0.15) is 0 Å². The number of rotatable bonds is 1. The summed E-state index contributed by atoms with van der Waals surface area (Å²) < 4.78 is 14.4. The summed E-state index contributed by atoms with van der Waals surface area (Å²) in [7, 11) is 0. The molecule has 2 N–H and O–H groups in total. The Bertz CT molecular complexity index is 1030. The van der Waals surface area contributed by atoms with E-state index in [9.17, 15) is 9.50 Å². The van der Waals surface area contributed by atoms with Crippen molar-refractivity contribution in [1.82, 2.24) is 15.0 Å². The van der Waals surface area contributed by atoms with Crippen LogP contribution in [0, 0.1) is 5.82 Å². The summed E-state index contributed by atoms with van der Waals surface area (Å²) in [6, 6.07) is 7.48. The fourth-order valence-electron chi connectivity index (χ4n) is 2.54. The summed E-state index contributed by atoms with van der Waals surface area (Å²) in [6.07, 6.45) is 3.19. The molecule has 0 spiro atoms. The van der Waals surface area contributed by atoms with E-state index in [0.29, 0.717) is 16.6 Å². The van der Waals surface area contributed by atoms with Gasteiger partial charge in [0.15, 0.2) is 0 Å². The van der Waals surface area contributed by atoms with Crippen LogP contribution in [0.5, 0.6) is 5.75 Å². The van der Waals surface area contributed by atoms with Crippen molar-refractivity contribution >= 4 is 33.5 Å². The van der Waals surface area contributed by atoms with Gasteiger partial charge in [0.2, 0.25) is 0 Å². The van der Waals surface area contributed by atoms with Gasteiger partial charge >= 0.3 is 0 Å². The number of pyridine rings is 1. The summed E-state index contributed by atoms with van der Waals surface area (Å²) in [5.41, 5.74) is 2.87. The van der Waals surface area contributed by atoms with Crippen molar-refractivity contribution in [1.29, 1.82) is 0 Å². The molecule has 0 aliphatic rings. The number of H-pyrrole nitrogens is 1. The molecule has 6 heteroatoms. The minimum absolute atomic E-state index is 0.0336. The quantitative estimate of drug-likeness (QED) is 0.493. The maximum Gasteiger partial charge on any atom is 0.133 e. The number of hydrogen-bond donors (Lipinski definition) is 2. The third-order valence-electron chi connectivity index (χ3n) is 3.58. The van der Waals surface area contributed by atoms with Crippen molar-refractivity contribution < 1.29 is 9.50 Å². The van der Waals surface area contributed by atoms with Crippen LogP contribution >= 0.6 is 11.6 Å². The Labute approximate surface area is 142 Å². The Morgan fingerprint density at radius 1 is 1.08 bits per heavy atom. The highest BCUT2D eigenvalue weighted by molar-refractivity contribution is 6.33. The number of nitrogens with zero attached hydrogens (tertiary/aromatic N) is 2. The Morgan fingerprint density at radius 2 is 1.88 bits per heavy atom. The molecule has 0 radical (unpaired) electrons. The molecule has 2 aromatic carbocycles. The van der Waals surface area contributed by atoms with Crippen LogP contribution in [0.2, 0.25) is 5.02 Å². The van der Waals surface area contributed by atoms with Gasteiger partial charge in [0.25, 0.3) is 0 Å². The first-order valence-corrected chi connectivity index (χ1v) is 7.91. The van der Waals surface area contributed by atoms with Gasteiger partial charge < -0.3 is 10.1 Å². The summed E-state index contributed by atoms with van der Waals surface area (Å²) in [6.45, 7) is 4.00. The molecule has 24 heavy (non-hydrogen) atoms. The number of phenolic OH excluding ortho intramolecular Hbond substituents is 1. The summed E-state index contributed by atoms with van der Waals surface area (Å²) >= 11 is 6.12. The molecule has 4 rings (SSSR count). The molecule has 122 valence electrons. The zero-order chi connectivity index (χ0) is 17.3. The SMILES string of the molecule is CC.Oc1ccc(-c2cc3c(cc2F)ncc2[nH]cnc23)c(Cl)c1. The normalized spacial score (nSPS) is 10.7. The summed E-state index contributed by atoms with van der Waals surface area (Å²) in [4.78, 5) is 11.5. The molecule has 0 bridgehead atoms. The van der Waals surface area contributed by atoms with Crippen LogP contribution in [0.1, 0.15) is 13.8 Å². The lowest BCUT2D eigenvalue weighted by atomic mass is 10.0. The number of nitrogens with one attached hydrogen (secondary N) is 1. The second-order valence-corrected chi connectivity index (χ2v) is 5.34. The van der Waals surface area contributed by atoms with Gasteiger partial charge in [0, 0.05) is 22.6 Å². The largest absolute Gasteiger partial charge is 0.508 e. The Balaban J connectivity index is 0.000000815. The van der Waals surface area contributed by atoms with Gasteiger partial charge in [0.1, 0.15) is 11.6 Å². The number of halogens is 2. The third-order valence-corrected chi connectivity index (χ3v) is 3.90. The van der Waals surface area contributed by atoms with E-state index < -0.39 is 5.82 Å². The van der Waals surface area contributed by atoms with E-state index in [2.05, 4.69) is 15.0 Å². The second kappa shape index (κ2) is 6.45. The highest BCUT2D eigenvalue weighted by Crippen LogP contribution is 2.35. The standard InChI is InChI=1S/C16H9ClFN3O.C2H6/c17-12-3-8(22)1-2-9(12)10-4-11-14(5-13(10)18)19-6-15-16(11)21-7-20-15;1-2/h1-7,22H,(H,20,21);1-2H3. The van der Waals surface area contributed by atoms with Gasteiger partial charge in [-0.1, -0.05) is 25.4 Å². The Morgan fingerprint density at radius 3 is 2.62 bits per heavy atom. The number of aromatic nitrogens is 3.